The van der Waals surface area contributed by atoms with Gasteiger partial charge in [0.05, 0.1) is 12.0 Å². The van der Waals surface area contributed by atoms with Crippen LogP contribution in [0.2, 0.25) is 0 Å². The number of nitrogens with one attached hydrogen (secondary N) is 1. The van der Waals surface area contributed by atoms with Crippen LogP contribution in [0.1, 0.15) is 32.3 Å². The topological polar surface area (TPSA) is 54.0 Å². The molecule has 1 aliphatic rings. The van der Waals surface area contributed by atoms with E-state index in [0.29, 0.717) is 5.41 Å². The Kier molecular flexibility index (Phi) is 3.85. The number of H-pyrrole nitrogens is 1. The summed E-state index contributed by atoms with van der Waals surface area (Å²) < 4.78 is 5.37. The summed E-state index contributed by atoms with van der Waals surface area (Å²) in [6, 6.07) is 0. The van der Waals surface area contributed by atoms with Crippen molar-refractivity contribution < 1.29 is 4.74 Å². The van der Waals surface area contributed by atoms with Gasteiger partial charge < -0.3 is 14.6 Å². The molecule has 1 N–H and O–H groups in total. The Morgan fingerprint density at radius 1 is 1.33 bits per heavy atom. The molecule has 114 valence electrons. The smallest absolute Gasteiger partial charge is 0.143 e. The van der Waals surface area contributed by atoms with Gasteiger partial charge in [-0.25, -0.2) is 9.97 Å². The average Bonchev–Trinajstić information content (AvgIpc) is 2.91. The highest BCUT2D eigenvalue weighted by atomic mass is 16.5. The van der Waals surface area contributed by atoms with Gasteiger partial charge >= 0.3 is 0 Å². The van der Waals surface area contributed by atoms with E-state index in [1.54, 1.807) is 13.4 Å². The van der Waals surface area contributed by atoms with E-state index in [0.717, 1.165) is 50.4 Å². The number of hydrogen-bond acceptors (Lipinski definition) is 4. The van der Waals surface area contributed by atoms with E-state index < -0.39 is 0 Å². The van der Waals surface area contributed by atoms with Crippen LogP contribution in [0.3, 0.4) is 0 Å². The average molecular weight is 288 g/mol. The second kappa shape index (κ2) is 5.64. The number of aromatic amines is 1. The Balaban J connectivity index is 1.87. The van der Waals surface area contributed by atoms with Gasteiger partial charge in [0.15, 0.2) is 0 Å². The maximum Gasteiger partial charge on any atom is 0.143 e. The van der Waals surface area contributed by atoms with Gasteiger partial charge in [-0.3, -0.25) is 0 Å². The molecule has 5 heteroatoms. The molecule has 0 amide bonds. The third-order valence-corrected chi connectivity index (χ3v) is 4.68. The molecule has 0 aliphatic carbocycles. The monoisotopic (exact) mass is 288 g/mol. The maximum absolute atomic E-state index is 5.37. The van der Waals surface area contributed by atoms with Gasteiger partial charge in [-0.2, -0.15) is 0 Å². The summed E-state index contributed by atoms with van der Waals surface area (Å²) in [6.45, 7) is 7.38. The number of ether oxygens (including phenoxy) is 1. The van der Waals surface area contributed by atoms with Crippen molar-refractivity contribution in [3.63, 3.8) is 0 Å². The van der Waals surface area contributed by atoms with E-state index in [9.17, 15) is 0 Å². The molecule has 5 nitrogen and oxygen atoms in total. The van der Waals surface area contributed by atoms with Crippen LogP contribution >= 0.6 is 0 Å². The molecule has 0 unspecified atom stereocenters. The molecule has 0 radical (unpaired) electrons. The lowest BCUT2D eigenvalue weighted by Gasteiger charge is -2.39. The van der Waals surface area contributed by atoms with Gasteiger partial charge in [-0.15, -0.1) is 0 Å². The van der Waals surface area contributed by atoms with E-state index in [-0.39, 0.29) is 0 Å². The van der Waals surface area contributed by atoms with Gasteiger partial charge in [0.25, 0.3) is 0 Å². The summed E-state index contributed by atoms with van der Waals surface area (Å²) in [4.78, 5) is 14.6. The first-order chi connectivity index (χ1) is 10.2. The Morgan fingerprint density at radius 2 is 2.10 bits per heavy atom. The number of nitrogens with zero attached hydrogens (tertiary/aromatic N) is 3. The second-order valence-corrected chi connectivity index (χ2v) is 6.32. The van der Waals surface area contributed by atoms with Crippen LogP contribution in [0.15, 0.2) is 12.5 Å². The van der Waals surface area contributed by atoms with E-state index in [2.05, 4.69) is 39.9 Å². The number of fused-ring (bicyclic) bond motifs is 1. The standard InChI is InChI=1S/C16H24N4O/c1-4-12-9-17-14-13(12)15(19-11-18-14)20-7-5-16(2,6-8-20)10-21-3/h9,11H,4-8,10H2,1-3H3,(H,17,18,19). The minimum absolute atomic E-state index is 0.295. The normalized spacial score (nSPS) is 18.3. The van der Waals surface area contributed by atoms with E-state index in [1.807, 2.05) is 0 Å². The fourth-order valence-corrected chi connectivity index (χ4v) is 3.28. The summed E-state index contributed by atoms with van der Waals surface area (Å²) in [5, 5.41) is 1.19. The molecular formula is C16H24N4O. The molecule has 0 atom stereocenters. The van der Waals surface area contributed by atoms with Gasteiger partial charge in [-0.1, -0.05) is 13.8 Å². The largest absolute Gasteiger partial charge is 0.384 e. The molecule has 0 bridgehead atoms. The number of methoxy groups -OCH3 is 1. The Labute approximate surface area is 125 Å². The number of aromatic nitrogens is 3. The van der Waals surface area contributed by atoms with Gasteiger partial charge in [-0.05, 0) is 30.2 Å². The highest BCUT2D eigenvalue weighted by molar-refractivity contribution is 5.90. The zero-order valence-electron chi connectivity index (χ0n) is 13.1. The van der Waals surface area contributed by atoms with Crippen molar-refractivity contribution in [1.29, 1.82) is 0 Å². The lowest BCUT2D eigenvalue weighted by molar-refractivity contribution is 0.0730. The van der Waals surface area contributed by atoms with Crippen LogP contribution in [0, 0.1) is 5.41 Å². The zero-order valence-corrected chi connectivity index (χ0v) is 13.1. The molecule has 3 rings (SSSR count). The summed E-state index contributed by atoms with van der Waals surface area (Å²) in [7, 11) is 1.79. The lowest BCUT2D eigenvalue weighted by atomic mass is 9.81. The van der Waals surface area contributed by atoms with Crippen LogP contribution in [0.25, 0.3) is 11.0 Å². The third kappa shape index (κ3) is 2.62. The molecule has 0 spiro atoms. The first kappa shape index (κ1) is 14.3. The summed E-state index contributed by atoms with van der Waals surface area (Å²) in [6.07, 6.45) is 6.99. The Bertz CT molecular complexity index is 614. The molecule has 1 aliphatic heterocycles. The Morgan fingerprint density at radius 3 is 2.76 bits per heavy atom. The summed E-state index contributed by atoms with van der Waals surface area (Å²) in [5.41, 5.74) is 2.54. The Hall–Kier alpha value is -1.62. The van der Waals surface area contributed by atoms with Crippen LogP contribution in [0.4, 0.5) is 5.82 Å². The van der Waals surface area contributed by atoms with E-state index in [1.165, 1.54) is 10.9 Å². The molecule has 3 heterocycles. The predicted octanol–water partition coefficient (Wildman–Crippen LogP) is 2.77. The minimum atomic E-state index is 0.295. The predicted molar refractivity (Wildman–Crippen MR) is 84.7 cm³/mol. The first-order valence-electron chi connectivity index (χ1n) is 7.72. The van der Waals surface area contributed by atoms with Gasteiger partial charge in [0.2, 0.25) is 0 Å². The van der Waals surface area contributed by atoms with Crippen molar-refractivity contribution >= 4 is 16.9 Å². The van der Waals surface area contributed by atoms with Gasteiger partial charge in [0.1, 0.15) is 17.8 Å². The molecule has 2 aromatic heterocycles. The number of piperidine rings is 1. The molecule has 0 aromatic carbocycles. The van der Waals surface area contributed by atoms with Crippen molar-refractivity contribution in [3.05, 3.63) is 18.1 Å². The van der Waals surface area contributed by atoms with Crippen molar-refractivity contribution in [3.8, 4) is 0 Å². The molecule has 1 saturated heterocycles. The number of anilines is 1. The number of rotatable bonds is 4. The van der Waals surface area contributed by atoms with Crippen molar-refractivity contribution in [2.75, 3.05) is 31.7 Å². The van der Waals surface area contributed by atoms with Gasteiger partial charge in [0, 0.05) is 26.4 Å². The zero-order chi connectivity index (χ0) is 14.9. The van der Waals surface area contributed by atoms with Crippen molar-refractivity contribution in [1.82, 2.24) is 15.0 Å². The highest BCUT2D eigenvalue weighted by Crippen LogP contribution is 2.35. The van der Waals surface area contributed by atoms with Crippen molar-refractivity contribution in [2.24, 2.45) is 5.41 Å². The third-order valence-electron chi connectivity index (χ3n) is 4.68. The first-order valence-corrected chi connectivity index (χ1v) is 7.72. The molecule has 1 fully saturated rings. The molecule has 2 aromatic rings. The van der Waals surface area contributed by atoms with E-state index in [4.69, 9.17) is 4.74 Å². The number of hydrogen-bond donors (Lipinski definition) is 1. The lowest BCUT2D eigenvalue weighted by Crippen LogP contribution is -2.41. The van der Waals surface area contributed by atoms with Crippen LogP contribution < -0.4 is 4.90 Å². The fourth-order valence-electron chi connectivity index (χ4n) is 3.28. The fraction of sp³-hybridized carbons (Fsp3) is 0.625. The van der Waals surface area contributed by atoms with Crippen LogP contribution in [-0.2, 0) is 11.2 Å². The summed E-state index contributed by atoms with van der Waals surface area (Å²) in [5.74, 6) is 1.08. The van der Waals surface area contributed by atoms with Crippen LogP contribution in [0.5, 0.6) is 0 Å². The highest BCUT2D eigenvalue weighted by Gasteiger charge is 2.31. The van der Waals surface area contributed by atoms with Crippen LogP contribution in [-0.4, -0.2) is 41.8 Å². The maximum atomic E-state index is 5.37. The van der Waals surface area contributed by atoms with Crippen molar-refractivity contribution in [2.45, 2.75) is 33.1 Å². The molecule has 0 saturated carbocycles. The van der Waals surface area contributed by atoms with E-state index >= 15 is 0 Å². The summed E-state index contributed by atoms with van der Waals surface area (Å²) >= 11 is 0. The minimum Gasteiger partial charge on any atom is -0.384 e. The number of aryl methyl sites for hydroxylation is 1. The molecule has 21 heavy (non-hydrogen) atoms. The quantitative estimate of drug-likeness (QED) is 0.940. The molecular weight excluding hydrogens is 264 g/mol. The second-order valence-electron chi connectivity index (χ2n) is 6.32. The SMILES string of the molecule is CCc1c[nH]c2ncnc(N3CCC(C)(COC)CC3)c12.